The molecule has 1 N–H and O–H groups in total. The maximum absolute atomic E-state index is 12.5. The van der Waals surface area contributed by atoms with Gasteiger partial charge in [-0.25, -0.2) is 5.43 Å². The van der Waals surface area contributed by atoms with E-state index in [1.165, 1.54) is 18.3 Å². The molecule has 1 aliphatic rings. The lowest BCUT2D eigenvalue weighted by molar-refractivity contribution is -0.384. The molecule has 0 aliphatic carbocycles. The molecule has 0 bridgehead atoms. The highest BCUT2D eigenvalue weighted by molar-refractivity contribution is 5.87. The van der Waals surface area contributed by atoms with Gasteiger partial charge in [-0.1, -0.05) is 24.3 Å². The number of non-ortho nitro benzene ring substituents is 1. The molecule has 3 aromatic carbocycles. The molecule has 0 saturated carbocycles. The number of fused-ring (bicyclic) bond motifs is 2. The summed E-state index contributed by atoms with van der Waals surface area (Å²) in [5.74, 6) is 1.57. The summed E-state index contributed by atoms with van der Waals surface area (Å²) in [6.07, 6.45) is 0.515. The normalized spacial score (nSPS) is 15.0. The van der Waals surface area contributed by atoms with Crippen LogP contribution >= 0.6 is 0 Å². The summed E-state index contributed by atoms with van der Waals surface area (Å²) >= 11 is 0. The van der Waals surface area contributed by atoms with Gasteiger partial charge in [-0.05, 0) is 47.2 Å². The Hall–Kier alpha value is -4.66. The summed E-state index contributed by atoms with van der Waals surface area (Å²) in [7, 11) is 0. The van der Waals surface area contributed by atoms with Gasteiger partial charge in [0.25, 0.3) is 11.6 Å². The zero-order valence-electron chi connectivity index (χ0n) is 17.1. The summed E-state index contributed by atoms with van der Waals surface area (Å²) in [6, 6.07) is 20.9. The number of furan rings is 1. The molecule has 164 valence electrons. The summed E-state index contributed by atoms with van der Waals surface area (Å²) in [5, 5.41) is 16.7. The first-order chi connectivity index (χ1) is 16.1. The van der Waals surface area contributed by atoms with Crippen molar-refractivity contribution in [2.24, 2.45) is 5.10 Å². The zero-order valence-corrected chi connectivity index (χ0v) is 17.1. The van der Waals surface area contributed by atoms with Crippen LogP contribution in [-0.4, -0.2) is 29.8 Å². The largest absolute Gasteiger partial charge is 0.485 e. The van der Waals surface area contributed by atoms with Gasteiger partial charge < -0.3 is 13.9 Å². The number of carbonyl (C=O) groups excluding carboxylic acids is 1. The average Bonchev–Trinajstić information content (AvgIpc) is 3.31. The second-order valence-electron chi connectivity index (χ2n) is 7.30. The number of nitro groups is 1. The molecule has 1 atom stereocenters. The Bertz CT molecular complexity index is 1380. The molecular weight excluding hydrogens is 426 g/mol. The minimum atomic E-state index is -0.844. The summed E-state index contributed by atoms with van der Waals surface area (Å²) in [4.78, 5) is 22.8. The predicted molar refractivity (Wildman–Crippen MR) is 120 cm³/mol. The highest BCUT2D eigenvalue weighted by Gasteiger charge is 2.27. The third kappa shape index (κ3) is 4.24. The SMILES string of the molecule is O=C(NN=Cc1ccc(-c2ccc([N+](=O)[O-])cc2)o1)C1COc2cc3ccccc3cc2O1. The van der Waals surface area contributed by atoms with Crippen molar-refractivity contribution >= 4 is 28.6 Å². The van der Waals surface area contributed by atoms with Crippen molar-refractivity contribution in [3.05, 3.63) is 88.7 Å². The first kappa shape index (κ1) is 20.3. The van der Waals surface area contributed by atoms with E-state index in [4.69, 9.17) is 13.9 Å². The van der Waals surface area contributed by atoms with Gasteiger partial charge in [-0.15, -0.1) is 0 Å². The lowest BCUT2D eigenvalue weighted by Crippen LogP contribution is -2.42. The number of hydrogen-bond donors (Lipinski definition) is 1. The van der Waals surface area contributed by atoms with Gasteiger partial charge in [0.15, 0.2) is 11.5 Å². The molecule has 0 spiro atoms. The fraction of sp³-hybridized carbons (Fsp3) is 0.0833. The maximum Gasteiger partial charge on any atom is 0.284 e. The lowest BCUT2D eigenvalue weighted by atomic mass is 10.1. The lowest BCUT2D eigenvalue weighted by Gasteiger charge is -2.25. The third-order valence-corrected chi connectivity index (χ3v) is 5.12. The fourth-order valence-electron chi connectivity index (χ4n) is 3.44. The number of carbonyl (C=O) groups is 1. The minimum Gasteiger partial charge on any atom is -0.485 e. The first-order valence-electron chi connectivity index (χ1n) is 10.1. The predicted octanol–water partition coefficient (Wildman–Crippen LogP) is 4.30. The Labute approximate surface area is 187 Å². The second kappa shape index (κ2) is 8.46. The quantitative estimate of drug-likeness (QED) is 0.279. The van der Waals surface area contributed by atoms with Gasteiger partial charge in [0, 0.05) is 17.7 Å². The van der Waals surface area contributed by atoms with Crippen molar-refractivity contribution < 1.29 is 23.6 Å². The van der Waals surface area contributed by atoms with E-state index in [-0.39, 0.29) is 12.3 Å². The Kier molecular flexibility index (Phi) is 5.19. The summed E-state index contributed by atoms with van der Waals surface area (Å²) < 4.78 is 17.2. The maximum atomic E-state index is 12.5. The van der Waals surface area contributed by atoms with Gasteiger partial charge in [-0.2, -0.15) is 5.10 Å². The molecule has 0 fully saturated rings. The Morgan fingerprint density at radius 2 is 1.76 bits per heavy atom. The number of nitrogens with one attached hydrogen (secondary N) is 1. The van der Waals surface area contributed by atoms with Gasteiger partial charge in [0.05, 0.1) is 11.1 Å². The van der Waals surface area contributed by atoms with Gasteiger partial charge in [0.1, 0.15) is 18.1 Å². The smallest absolute Gasteiger partial charge is 0.284 e. The van der Waals surface area contributed by atoms with E-state index in [1.54, 1.807) is 24.3 Å². The molecule has 33 heavy (non-hydrogen) atoms. The topological polar surface area (TPSA) is 116 Å². The molecule has 1 aliphatic heterocycles. The molecule has 0 saturated heterocycles. The molecule has 5 rings (SSSR count). The summed E-state index contributed by atoms with van der Waals surface area (Å²) in [5.41, 5.74) is 3.11. The van der Waals surface area contributed by atoms with Crippen LogP contribution in [0.3, 0.4) is 0 Å². The van der Waals surface area contributed by atoms with Crippen molar-refractivity contribution in [2.75, 3.05) is 6.61 Å². The molecule has 1 amide bonds. The number of ether oxygens (including phenoxy) is 2. The van der Waals surface area contributed by atoms with E-state index < -0.39 is 16.9 Å². The fourth-order valence-corrected chi connectivity index (χ4v) is 3.44. The number of hydrazone groups is 1. The zero-order chi connectivity index (χ0) is 22.8. The van der Waals surface area contributed by atoms with Crippen LogP contribution in [0.25, 0.3) is 22.1 Å². The average molecular weight is 443 g/mol. The molecule has 4 aromatic rings. The summed E-state index contributed by atoms with van der Waals surface area (Å²) in [6.45, 7) is 0.0672. The highest BCUT2D eigenvalue weighted by Crippen LogP contribution is 2.35. The van der Waals surface area contributed by atoms with Crippen LogP contribution < -0.4 is 14.9 Å². The van der Waals surface area contributed by atoms with Crippen molar-refractivity contribution in [3.63, 3.8) is 0 Å². The number of nitrogens with zero attached hydrogens (tertiary/aromatic N) is 2. The van der Waals surface area contributed by atoms with Crippen LogP contribution in [-0.2, 0) is 4.79 Å². The number of rotatable bonds is 5. The van der Waals surface area contributed by atoms with E-state index in [0.29, 0.717) is 28.6 Å². The van der Waals surface area contributed by atoms with Crippen LogP contribution in [0.5, 0.6) is 11.5 Å². The Balaban J connectivity index is 1.21. The minimum absolute atomic E-state index is 0.000439. The van der Waals surface area contributed by atoms with Crippen molar-refractivity contribution in [3.8, 4) is 22.8 Å². The van der Waals surface area contributed by atoms with Gasteiger partial charge in [0.2, 0.25) is 6.10 Å². The molecule has 0 radical (unpaired) electrons. The second-order valence-corrected chi connectivity index (χ2v) is 7.30. The van der Waals surface area contributed by atoms with E-state index >= 15 is 0 Å². The van der Waals surface area contributed by atoms with Crippen LogP contribution in [0.1, 0.15) is 5.76 Å². The van der Waals surface area contributed by atoms with Crippen molar-refractivity contribution in [1.29, 1.82) is 0 Å². The molecule has 2 heterocycles. The van der Waals surface area contributed by atoms with Crippen LogP contribution in [0.15, 0.2) is 82.3 Å². The Morgan fingerprint density at radius 1 is 1.03 bits per heavy atom. The monoisotopic (exact) mass is 443 g/mol. The molecule has 9 heteroatoms. The van der Waals surface area contributed by atoms with Crippen LogP contribution in [0.2, 0.25) is 0 Å². The molecule has 1 aromatic heterocycles. The van der Waals surface area contributed by atoms with Crippen LogP contribution in [0.4, 0.5) is 5.69 Å². The molecular formula is C24H17N3O6. The number of benzene rings is 3. The Morgan fingerprint density at radius 3 is 2.48 bits per heavy atom. The first-order valence-corrected chi connectivity index (χ1v) is 10.1. The number of nitro benzene ring substituents is 1. The number of hydrogen-bond acceptors (Lipinski definition) is 7. The van der Waals surface area contributed by atoms with Crippen LogP contribution in [0, 0.1) is 10.1 Å². The molecule has 1 unspecified atom stereocenters. The van der Waals surface area contributed by atoms with E-state index in [1.807, 2.05) is 36.4 Å². The number of amides is 1. The van der Waals surface area contributed by atoms with E-state index in [0.717, 1.165) is 10.8 Å². The van der Waals surface area contributed by atoms with E-state index in [2.05, 4.69) is 10.5 Å². The third-order valence-electron chi connectivity index (χ3n) is 5.12. The standard InChI is InChI=1S/C24H17N3O6/c28-24(23-14-31-21-11-16-3-1-2-4-17(16)12-22(21)33-23)26-25-13-19-9-10-20(32-19)15-5-7-18(8-6-15)27(29)30/h1-13,23H,14H2,(H,26,28). The highest BCUT2D eigenvalue weighted by atomic mass is 16.6. The van der Waals surface area contributed by atoms with E-state index in [9.17, 15) is 14.9 Å². The molecule has 9 nitrogen and oxygen atoms in total. The van der Waals surface area contributed by atoms with Crippen molar-refractivity contribution in [2.45, 2.75) is 6.10 Å². The van der Waals surface area contributed by atoms with Gasteiger partial charge >= 0.3 is 0 Å². The van der Waals surface area contributed by atoms with Gasteiger partial charge in [-0.3, -0.25) is 14.9 Å². The van der Waals surface area contributed by atoms with Crippen molar-refractivity contribution in [1.82, 2.24) is 5.43 Å².